The van der Waals surface area contributed by atoms with Crippen molar-refractivity contribution in [3.63, 3.8) is 0 Å². The van der Waals surface area contributed by atoms with Crippen LogP contribution >= 0.6 is 11.9 Å². The predicted octanol–water partition coefficient (Wildman–Crippen LogP) is 1.70. The molecule has 7 nitrogen and oxygen atoms in total. The smallest absolute Gasteiger partial charge is 0.235 e. The first-order valence-corrected chi connectivity index (χ1v) is 9.78. The Labute approximate surface area is 157 Å². The van der Waals surface area contributed by atoms with E-state index in [1.165, 1.54) is 11.9 Å². The highest BCUT2D eigenvalue weighted by Gasteiger charge is 2.27. The number of nitrogens with one attached hydrogen (secondary N) is 2. The maximum atomic E-state index is 12.1. The van der Waals surface area contributed by atoms with Crippen LogP contribution < -0.4 is 14.9 Å². The summed E-state index contributed by atoms with van der Waals surface area (Å²) in [5.74, 6) is 0.438. The Morgan fingerprint density at radius 2 is 2.12 bits per heavy atom. The van der Waals surface area contributed by atoms with E-state index in [1.54, 1.807) is 18.5 Å². The van der Waals surface area contributed by atoms with Gasteiger partial charge in [0.1, 0.15) is 17.1 Å². The molecular weight excluding hydrogens is 348 g/mol. The molecule has 2 aromatic rings. The molecule has 136 valence electrons. The van der Waals surface area contributed by atoms with Crippen molar-refractivity contribution in [2.24, 2.45) is 5.92 Å². The Morgan fingerprint density at radius 1 is 1.35 bits per heavy atom. The number of piperidine rings is 1. The minimum Gasteiger partial charge on any atom is -0.367 e. The zero-order chi connectivity index (χ0) is 18.5. The van der Waals surface area contributed by atoms with Gasteiger partial charge in [-0.2, -0.15) is 5.26 Å². The fourth-order valence-electron chi connectivity index (χ4n) is 3.46. The van der Waals surface area contributed by atoms with Gasteiger partial charge in [-0.1, -0.05) is 18.9 Å². The summed E-state index contributed by atoms with van der Waals surface area (Å²) in [5.41, 5.74) is 2.83. The molecule has 1 aromatic carbocycles. The van der Waals surface area contributed by atoms with Crippen molar-refractivity contribution in [1.29, 1.82) is 5.26 Å². The molecule has 2 N–H and O–H groups in total. The molecule has 0 aliphatic carbocycles. The first-order valence-electron chi connectivity index (χ1n) is 8.56. The van der Waals surface area contributed by atoms with Crippen LogP contribution in [0.15, 0.2) is 24.5 Å². The van der Waals surface area contributed by atoms with Crippen LogP contribution in [-0.2, 0) is 4.79 Å². The van der Waals surface area contributed by atoms with Crippen LogP contribution in [0, 0.1) is 17.2 Å². The topological polar surface area (TPSA) is 93.9 Å². The normalized spacial score (nSPS) is 20.0. The molecule has 0 bridgehead atoms. The molecule has 3 rings (SSSR count). The van der Waals surface area contributed by atoms with Crippen LogP contribution in [0.2, 0.25) is 0 Å². The Bertz CT molecular complexity index is 836. The van der Waals surface area contributed by atoms with Crippen LogP contribution in [0.3, 0.4) is 0 Å². The number of hydrogen-bond acceptors (Lipinski definition) is 7. The molecule has 1 aromatic heterocycles. The lowest BCUT2D eigenvalue weighted by molar-refractivity contribution is -0.120. The second-order valence-corrected chi connectivity index (χ2v) is 7.23. The van der Waals surface area contributed by atoms with Gasteiger partial charge >= 0.3 is 0 Å². The summed E-state index contributed by atoms with van der Waals surface area (Å²) in [6, 6.07) is 5.98. The quantitative estimate of drug-likeness (QED) is 0.774. The van der Waals surface area contributed by atoms with Gasteiger partial charge in [0.2, 0.25) is 5.91 Å². The molecule has 1 amide bonds. The van der Waals surface area contributed by atoms with Gasteiger partial charge in [0.15, 0.2) is 0 Å². The maximum absolute atomic E-state index is 12.1. The highest BCUT2D eigenvalue weighted by atomic mass is 32.2. The van der Waals surface area contributed by atoms with Crippen LogP contribution in [-0.4, -0.2) is 47.8 Å². The molecule has 1 saturated heterocycles. The van der Waals surface area contributed by atoms with Crippen molar-refractivity contribution in [3.05, 3.63) is 30.1 Å². The van der Waals surface area contributed by atoms with E-state index in [9.17, 15) is 10.1 Å². The second kappa shape index (κ2) is 8.34. The van der Waals surface area contributed by atoms with Gasteiger partial charge in [-0.05, 0) is 30.7 Å². The average molecular weight is 370 g/mol. The lowest BCUT2D eigenvalue weighted by Crippen LogP contribution is -2.51. The van der Waals surface area contributed by atoms with Gasteiger partial charge in [-0.15, -0.1) is 0 Å². The summed E-state index contributed by atoms with van der Waals surface area (Å²) in [5, 5.41) is 12.4. The first kappa shape index (κ1) is 18.4. The highest BCUT2D eigenvalue weighted by Crippen LogP contribution is 2.30. The number of benzene rings is 1. The first-order chi connectivity index (χ1) is 12.6. The third-order valence-electron chi connectivity index (χ3n) is 4.47. The standard InChI is InChI=1S/C18H22N6OS/c1-12-7-14(23-16(25)9-22-26-2)11-24(10-12)15-4-3-13(8-19)17-18(15)21-6-5-20-17/h3-6,12,14,22H,7,9-11H2,1-2H3,(H,23,25). The van der Waals surface area contributed by atoms with E-state index in [0.717, 1.165) is 24.2 Å². The minimum absolute atomic E-state index is 0.00266. The number of amides is 1. The number of fused-ring (bicyclic) bond motifs is 1. The van der Waals surface area contributed by atoms with Crippen LogP contribution in [0.25, 0.3) is 11.0 Å². The number of carbonyl (C=O) groups is 1. The van der Waals surface area contributed by atoms with E-state index in [1.807, 2.05) is 12.3 Å². The number of hydrogen-bond donors (Lipinski definition) is 2. The average Bonchev–Trinajstić information content (AvgIpc) is 2.65. The summed E-state index contributed by atoms with van der Waals surface area (Å²) in [7, 11) is 0. The van der Waals surface area contributed by atoms with Crippen LogP contribution in [0.5, 0.6) is 0 Å². The fraction of sp³-hybridized carbons (Fsp3) is 0.444. The monoisotopic (exact) mass is 370 g/mol. The third kappa shape index (κ3) is 4.06. The number of aromatic nitrogens is 2. The number of nitrogens with zero attached hydrogens (tertiary/aromatic N) is 4. The van der Waals surface area contributed by atoms with E-state index in [4.69, 9.17) is 0 Å². The molecule has 0 spiro atoms. The van der Waals surface area contributed by atoms with Gasteiger partial charge in [0.05, 0.1) is 17.8 Å². The predicted molar refractivity (Wildman–Crippen MR) is 104 cm³/mol. The van der Waals surface area contributed by atoms with E-state index in [0.29, 0.717) is 30.1 Å². The number of carbonyl (C=O) groups excluding carboxylic acids is 1. The Morgan fingerprint density at radius 3 is 2.85 bits per heavy atom. The molecule has 8 heteroatoms. The summed E-state index contributed by atoms with van der Waals surface area (Å²) >= 11 is 1.43. The summed E-state index contributed by atoms with van der Waals surface area (Å²) in [6.07, 6.45) is 6.09. The molecule has 0 saturated carbocycles. The minimum atomic E-state index is 0.00266. The highest BCUT2D eigenvalue weighted by molar-refractivity contribution is 7.96. The Hall–Kier alpha value is -2.37. The van der Waals surface area contributed by atoms with E-state index in [2.05, 4.69) is 37.9 Å². The van der Waals surface area contributed by atoms with Gasteiger partial charge < -0.3 is 10.2 Å². The molecule has 26 heavy (non-hydrogen) atoms. The van der Waals surface area contributed by atoms with Gasteiger partial charge in [0.25, 0.3) is 0 Å². The molecular formula is C18H22N6OS. The molecule has 2 unspecified atom stereocenters. The molecule has 2 heterocycles. The van der Waals surface area contributed by atoms with E-state index >= 15 is 0 Å². The van der Waals surface area contributed by atoms with Crippen molar-refractivity contribution >= 4 is 34.6 Å². The molecule has 1 fully saturated rings. The third-order valence-corrected chi connectivity index (χ3v) is 4.90. The Kier molecular flexibility index (Phi) is 5.91. The number of anilines is 1. The van der Waals surface area contributed by atoms with Crippen molar-refractivity contribution in [2.45, 2.75) is 19.4 Å². The number of nitriles is 1. The zero-order valence-electron chi connectivity index (χ0n) is 14.9. The summed E-state index contributed by atoms with van der Waals surface area (Å²) in [4.78, 5) is 23.1. The van der Waals surface area contributed by atoms with Crippen molar-refractivity contribution in [3.8, 4) is 6.07 Å². The van der Waals surface area contributed by atoms with Gasteiger partial charge in [-0.25, -0.2) is 0 Å². The van der Waals surface area contributed by atoms with Gasteiger partial charge in [0, 0.05) is 31.5 Å². The van der Waals surface area contributed by atoms with E-state index in [-0.39, 0.29) is 11.9 Å². The lowest BCUT2D eigenvalue weighted by Gasteiger charge is -2.38. The summed E-state index contributed by atoms with van der Waals surface area (Å²) in [6.45, 7) is 4.08. The van der Waals surface area contributed by atoms with Gasteiger partial charge in [-0.3, -0.25) is 19.5 Å². The summed E-state index contributed by atoms with van der Waals surface area (Å²) < 4.78 is 2.97. The molecule has 1 aliphatic rings. The largest absolute Gasteiger partial charge is 0.367 e. The molecule has 0 radical (unpaired) electrons. The van der Waals surface area contributed by atoms with Crippen LogP contribution in [0.4, 0.5) is 5.69 Å². The van der Waals surface area contributed by atoms with Crippen molar-refractivity contribution in [1.82, 2.24) is 20.0 Å². The zero-order valence-corrected chi connectivity index (χ0v) is 15.7. The second-order valence-electron chi connectivity index (χ2n) is 6.53. The SMILES string of the molecule is CSNCC(=O)NC1CC(C)CN(c2ccc(C#N)c3nccnc23)C1. The molecule has 1 aliphatic heterocycles. The van der Waals surface area contributed by atoms with Crippen molar-refractivity contribution < 1.29 is 4.79 Å². The lowest BCUT2D eigenvalue weighted by atomic mass is 9.95. The molecule has 2 atom stereocenters. The number of rotatable bonds is 5. The maximum Gasteiger partial charge on any atom is 0.235 e. The van der Waals surface area contributed by atoms with E-state index < -0.39 is 0 Å². The Balaban J connectivity index is 1.84. The van der Waals surface area contributed by atoms with Crippen LogP contribution in [0.1, 0.15) is 18.9 Å². The fourth-order valence-corrected chi connectivity index (χ4v) is 3.73. The van der Waals surface area contributed by atoms with Crippen molar-refractivity contribution in [2.75, 3.05) is 30.8 Å².